The summed E-state index contributed by atoms with van der Waals surface area (Å²) >= 11 is 0. The van der Waals surface area contributed by atoms with Crippen molar-refractivity contribution in [2.75, 3.05) is 0 Å². The Morgan fingerprint density at radius 3 is 1.16 bits per heavy atom. The molecule has 6 nitrogen and oxygen atoms in total. The van der Waals surface area contributed by atoms with Gasteiger partial charge in [-0.25, -0.2) is 8.42 Å². The van der Waals surface area contributed by atoms with Crippen molar-refractivity contribution in [3.63, 3.8) is 0 Å². The van der Waals surface area contributed by atoms with Gasteiger partial charge in [0.2, 0.25) is 9.84 Å². The van der Waals surface area contributed by atoms with Crippen LogP contribution in [0.15, 0.2) is 192 Å². The highest BCUT2D eigenvalue weighted by molar-refractivity contribution is 7.91. The second-order valence-corrected chi connectivity index (χ2v) is 16.0. The van der Waals surface area contributed by atoms with Gasteiger partial charge >= 0.3 is 0 Å². The Morgan fingerprint density at radius 1 is 0.357 bits per heavy atom. The van der Waals surface area contributed by atoms with Gasteiger partial charge in [-0.05, 0) is 109 Å². The number of benzene rings is 8. The number of nitriles is 1. The third-order valence-electron chi connectivity index (χ3n) is 11.1. The lowest BCUT2D eigenvalue weighted by Gasteiger charge is -2.11. The summed E-state index contributed by atoms with van der Waals surface area (Å²) in [4.78, 5) is 0.337. The number of nitrogens with zero attached hydrogens (tertiary/aromatic N) is 4. The van der Waals surface area contributed by atoms with Gasteiger partial charge in [0.15, 0.2) is 0 Å². The monoisotopic (exact) mass is 738 g/mol. The van der Waals surface area contributed by atoms with Crippen LogP contribution in [0, 0.1) is 11.3 Å². The fourth-order valence-electron chi connectivity index (χ4n) is 8.72. The van der Waals surface area contributed by atoms with Gasteiger partial charge in [0, 0.05) is 49.4 Å². The quantitative estimate of drug-likeness (QED) is 0.176. The summed E-state index contributed by atoms with van der Waals surface area (Å²) in [5, 5.41) is 16.2. The Labute approximate surface area is 321 Å². The number of hydrogen-bond acceptors (Lipinski definition) is 3. The first-order valence-corrected chi connectivity index (χ1v) is 19.9. The predicted octanol–water partition coefficient (Wildman–Crippen LogP) is 11.7. The fraction of sp³-hybridized carbons (Fsp3) is 0. The second-order valence-electron chi connectivity index (χ2n) is 14.1. The highest BCUT2D eigenvalue weighted by Gasteiger charge is 2.25. The third kappa shape index (κ3) is 4.51. The molecule has 8 aromatic carbocycles. The Balaban J connectivity index is 1.27. The van der Waals surface area contributed by atoms with Crippen molar-refractivity contribution in [1.29, 1.82) is 5.26 Å². The van der Waals surface area contributed by atoms with E-state index >= 15 is 0 Å². The lowest BCUT2D eigenvalue weighted by Crippen LogP contribution is -2.03. The van der Waals surface area contributed by atoms with E-state index in [1.54, 1.807) is 12.1 Å². The fourth-order valence-corrected chi connectivity index (χ4v) is 9.98. The molecule has 0 N–H and O–H groups in total. The zero-order chi connectivity index (χ0) is 37.5. The molecule has 3 aromatic heterocycles. The SMILES string of the molecule is N#Cc1ccc(S(=O)(=O)c2ccc(-n3c4ccc5c(c6ccccc6n5-c5ccccc5)c4c4c5c6ccccc6n(-c6ccccc6)c5ccc43)cc2)cc1. The van der Waals surface area contributed by atoms with Gasteiger partial charge in [0.1, 0.15) is 0 Å². The van der Waals surface area contributed by atoms with Crippen molar-refractivity contribution in [3.8, 4) is 23.1 Å². The summed E-state index contributed by atoms with van der Waals surface area (Å²) in [5.74, 6) is 0. The Kier molecular flexibility index (Phi) is 6.90. The van der Waals surface area contributed by atoms with E-state index in [-0.39, 0.29) is 9.79 Å². The van der Waals surface area contributed by atoms with Crippen molar-refractivity contribution in [1.82, 2.24) is 13.7 Å². The van der Waals surface area contributed by atoms with Crippen LogP contribution in [0.1, 0.15) is 5.56 Å². The molecule has 0 unspecified atom stereocenters. The van der Waals surface area contributed by atoms with Crippen molar-refractivity contribution >= 4 is 75.3 Å². The first-order chi connectivity index (χ1) is 27.5. The number of hydrogen-bond donors (Lipinski definition) is 0. The molecule has 0 fully saturated rings. The number of rotatable bonds is 5. The summed E-state index contributed by atoms with van der Waals surface area (Å²) < 4.78 is 34.5. The van der Waals surface area contributed by atoms with E-state index in [1.807, 2.05) is 24.3 Å². The molecule has 11 aromatic rings. The third-order valence-corrected chi connectivity index (χ3v) is 12.9. The first kappa shape index (κ1) is 32.1. The van der Waals surface area contributed by atoms with Gasteiger partial charge in [-0.2, -0.15) is 5.26 Å². The largest absolute Gasteiger partial charge is 0.309 e. The van der Waals surface area contributed by atoms with E-state index in [9.17, 15) is 13.7 Å². The van der Waals surface area contributed by atoms with Crippen LogP contribution in [-0.4, -0.2) is 22.1 Å². The first-order valence-electron chi connectivity index (χ1n) is 18.4. The molecule has 0 radical (unpaired) electrons. The van der Waals surface area contributed by atoms with Crippen LogP contribution in [0.3, 0.4) is 0 Å². The van der Waals surface area contributed by atoms with Crippen molar-refractivity contribution in [2.24, 2.45) is 0 Å². The van der Waals surface area contributed by atoms with E-state index in [1.165, 1.54) is 24.3 Å². The predicted molar refractivity (Wildman–Crippen MR) is 226 cm³/mol. The van der Waals surface area contributed by atoms with Crippen LogP contribution in [-0.2, 0) is 9.84 Å². The summed E-state index contributed by atoms with van der Waals surface area (Å²) in [6, 6.07) is 62.3. The lowest BCUT2D eigenvalue weighted by molar-refractivity contribution is 0.596. The molecule has 0 saturated heterocycles. The van der Waals surface area contributed by atoms with E-state index in [0.29, 0.717) is 5.56 Å². The molecule has 7 heteroatoms. The Hall–Kier alpha value is -7.40. The summed E-state index contributed by atoms with van der Waals surface area (Å²) in [6.07, 6.45) is 0. The minimum Gasteiger partial charge on any atom is -0.309 e. The normalized spacial score (nSPS) is 12.1. The second kappa shape index (κ2) is 12.1. The van der Waals surface area contributed by atoms with E-state index in [4.69, 9.17) is 0 Å². The average Bonchev–Trinajstić information content (AvgIpc) is 3.90. The zero-order valence-electron chi connectivity index (χ0n) is 29.8. The minimum atomic E-state index is -3.81. The molecule has 264 valence electrons. The molecule has 0 aliphatic carbocycles. The number of para-hydroxylation sites is 4. The standard InChI is InChI=1S/C49H30N4O2S/c50-31-32-19-23-36(24-20-32)56(54,55)37-25-21-35(22-26-37)53-44-29-27-42-46(38-15-7-9-17-40(38)51(42)33-11-3-1-4-12-33)48(44)49-45(53)30-28-43-47(49)39-16-8-10-18-41(39)52(43)34-13-5-2-6-14-34/h1-30H. The smallest absolute Gasteiger partial charge is 0.206 e. The van der Waals surface area contributed by atoms with Crippen LogP contribution < -0.4 is 0 Å². The lowest BCUT2D eigenvalue weighted by atomic mass is 10.0. The zero-order valence-corrected chi connectivity index (χ0v) is 30.7. The van der Waals surface area contributed by atoms with E-state index < -0.39 is 9.84 Å². The number of fused-ring (bicyclic) bond motifs is 11. The minimum absolute atomic E-state index is 0.149. The molecule has 0 amide bonds. The van der Waals surface area contributed by atoms with Crippen LogP contribution in [0.2, 0.25) is 0 Å². The summed E-state index contributed by atoms with van der Waals surface area (Å²) in [7, 11) is -3.81. The Morgan fingerprint density at radius 2 is 0.714 bits per heavy atom. The van der Waals surface area contributed by atoms with Crippen molar-refractivity contribution < 1.29 is 8.42 Å². The molecule has 11 rings (SSSR count). The molecular weight excluding hydrogens is 709 g/mol. The molecule has 0 atom stereocenters. The molecule has 0 aliphatic rings. The van der Waals surface area contributed by atoms with Gasteiger partial charge in [-0.1, -0.05) is 72.8 Å². The van der Waals surface area contributed by atoms with Crippen LogP contribution in [0.5, 0.6) is 0 Å². The van der Waals surface area contributed by atoms with Gasteiger partial charge in [-0.3, -0.25) is 0 Å². The number of sulfone groups is 1. The molecule has 0 spiro atoms. The topological polar surface area (TPSA) is 72.7 Å². The number of aromatic nitrogens is 3. The van der Waals surface area contributed by atoms with E-state index in [2.05, 4.69) is 141 Å². The van der Waals surface area contributed by atoms with Gasteiger partial charge in [0.05, 0.1) is 54.5 Å². The maximum Gasteiger partial charge on any atom is 0.206 e. The molecule has 0 aliphatic heterocycles. The summed E-state index contributed by atoms with van der Waals surface area (Å²) in [6.45, 7) is 0. The highest BCUT2D eigenvalue weighted by Crippen LogP contribution is 2.47. The van der Waals surface area contributed by atoms with Gasteiger partial charge < -0.3 is 13.7 Å². The molecule has 0 saturated carbocycles. The molecule has 3 heterocycles. The van der Waals surface area contributed by atoms with Crippen LogP contribution >= 0.6 is 0 Å². The maximum absolute atomic E-state index is 13.7. The molecule has 56 heavy (non-hydrogen) atoms. The van der Waals surface area contributed by atoms with Gasteiger partial charge in [0.25, 0.3) is 0 Å². The van der Waals surface area contributed by atoms with Crippen LogP contribution in [0.25, 0.3) is 82.5 Å². The van der Waals surface area contributed by atoms with Crippen LogP contribution in [0.4, 0.5) is 0 Å². The van der Waals surface area contributed by atoms with Crippen molar-refractivity contribution in [2.45, 2.75) is 9.79 Å². The van der Waals surface area contributed by atoms with Gasteiger partial charge in [-0.15, -0.1) is 0 Å². The maximum atomic E-state index is 13.7. The molecular formula is C49H30N4O2S. The molecule has 0 bridgehead atoms. The Bertz CT molecular complexity index is 3350. The average molecular weight is 739 g/mol. The summed E-state index contributed by atoms with van der Waals surface area (Å²) in [5.41, 5.74) is 9.95. The van der Waals surface area contributed by atoms with E-state index in [0.717, 1.165) is 82.5 Å². The van der Waals surface area contributed by atoms with Crippen molar-refractivity contribution in [3.05, 3.63) is 188 Å². The highest BCUT2D eigenvalue weighted by atomic mass is 32.2.